The van der Waals surface area contributed by atoms with Gasteiger partial charge in [0.1, 0.15) is 0 Å². The fourth-order valence-corrected chi connectivity index (χ4v) is 3.10. The quantitative estimate of drug-likeness (QED) is 0.612. The van der Waals surface area contributed by atoms with Crippen LogP contribution in [0.5, 0.6) is 0 Å². The topological polar surface area (TPSA) is 89.9 Å². The minimum absolute atomic E-state index is 0.125. The summed E-state index contributed by atoms with van der Waals surface area (Å²) in [5.74, 6) is -0.556. The van der Waals surface area contributed by atoms with Crippen LogP contribution in [0, 0.1) is 0 Å². The molecule has 6 nitrogen and oxygen atoms in total. The van der Waals surface area contributed by atoms with E-state index in [9.17, 15) is 14.7 Å². The van der Waals surface area contributed by atoms with Gasteiger partial charge in [0.25, 0.3) is 5.91 Å². The number of carbonyl (C=O) groups is 2. The van der Waals surface area contributed by atoms with E-state index in [0.29, 0.717) is 16.8 Å². The van der Waals surface area contributed by atoms with Gasteiger partial charge in [-0.2, -0.15) is 5.01 Å². The molecular formula is C19H16N2O4S. The van der Waals surface area contributed by atoms with Gasteiger partial charge in [-0.15, -0.1) is 11.3 Å². The maximum absolute atomic E-state index is 12.3. The number of nitrogens with zero attached hydrogens (tertiary/aromatic N) is 1. The highest BCUT2D eigenvalue weighted by Gasteiger charge is 2.18. The van der Waals surface area contributed by atoms with Crippen LogP contribution in [0.2, 0.25) is 0 Å². The number of hydrogen-bond acceptors (Lipinski definition) is 4. The van der Waals surface area contributed by atoms with Crippen molar-refractivity contribution in [2.24, 2.45) is 0 Å². The normalized spacial score (nSPS) is 10.3. The molecule has 2 aromatic carbocycles. The number of amides is 2. The van der Waals surface area contributed by atoms with Crippen molar-refractivity contribution in [1.29, 1.82) is 0 Å². The Bertz CT molecular complexity index is 890. The Kier molecular flexibility index (Phi) is 5.31. The third-order valence-corrected chi connectivity index (χ3v) is 4.65. The molecular weight excluding hydrogens is 352 g/mol. The lowest BCUT2D eigenvalue weighted by Crippen LogP contribution is -2.45. The SMILES string of the molecule is O=C(NN(C(=O)O)c1ccc(-c2cccs2)cc1)c1ccc(CO)cc1. The number of hydrogen-bond donors (Lipinski definition) is 3. The Labute approximate surface area is 153 Å². The van der Waals surface area contributed by atoms with Crippen molar-refractivity contribution in [2.75, 3.05) is 5.01 Å². The second-order valence-electron chi connectivity index (χ2n) is 5.44. The lowest BCUT2D eigenvalue weighted by molar-refractivity contribution is 0.0944. The van der Waals surface area contributed by atoms with Crippen molar-refractivity contribution < 1.29 is 19.8 Å². The van der Waals surface area contributed by atoms with E-state index in [4.69, 9.17) is 5.11 Å². The monoisotopic (exact) mass is 368 g/mol. The van der Waals surface area contributed by atoms with Gasteiger partial charge in [0, 0.05) is 10.4 Å². The molecule has 0 unspecified atom stereocenters. The molecule has 0 aliphatic rings. The lowest BCUT2D eigenvalue weighted by atomic mass is 10.1. The van der Waals surface area contributed by atoms with E-state index in [0.717, 1.165) is 15.4 Å². The summed E-state index contributed by atoms with van der Waals surface area (Å²) in [6.45, 7) is -0.125. The summed E-state index contributed by atoms with van der Waals surface area (Å²) in [5.41, 5.74) is 4.64. The molecule has 0 fully saturated rings. The molecule has 0 atom stereocenters. The standard InChI is InChI=1S/C19H16N2O4S/c22-12-13-3-5-15(6-4-13)18(23)20-21(19(24)25)16-9-7-14(8-10-16)17-2-1-11-26-17/h1-11,22H,12H2,(H,20,23)(H,24,25). The van der Waals surface area contributed by atoms with Crippen LogP contribution in [0.25, 0.3) is 10.4 Å². The summed E-state index contributed by atoms with van der Waals surface area (Å²) < 4.78 is 0. The summed E-state index contributed by atoms with van der Waals surface area (Å²) in [4.78, 5) is 24.9. The number of hydrazine groups is 1. The molecule has 1 heterocycles. The van der Waals surface area contributed by atoms with Gasteiger partial charge in [0.05, 0.1) is 12.3 Å². The Balaban J connectivity index is 1.78. The molecule has 0 saturated heterocycles. The highest BCUT2D eigenvalue weighted by molar-refractivity contribution is 7.13. The molecule has 2 amide bonds. The third kappa shape index (κ3) is 3.90. The number of thiophene rings is 1. The molecule has 0 spiro atoms. The van der Waals surface area contributed by atoms with Crippen LogP contribution in [0.15, 0.2) is 66.0 Å². The van der Waals surface area contributed by atoms with E-state index in [1.807, 2.05) is 17.5 Å². The van der Waals surface area contributed by atoms with Crippen LogP contribution >= 0.6 is 11.3 Å². The number of carboxylic acid groups (broad SMARTS) is 1. The highest BCUT2D eigenvalue weighted by atomic mass is 32.1. The minimum atomic E-state index is -1.30. The van der Waals surface area contributed by atoms with Gasteiger partial charge in [-0.3, -0.25) is 10.2 Å². The van der Waals surface area contributed by atoms with Crippen LogP contribution in [-0.4, -0.2) is 22.2 Å². The van der Waals surface area contributed by atoms with Crippen molar-refractivity contribution >= 4 is 29.0 Å². The zero-order valence-electron chi connectivity index (χ0n) is 13.6. The first-order chi connectivity index (χ1) is 12.6. The number of aliphatic hydroxyl groups is 1. The largest absolute Gasteiger partial charge is 0.463 e. The molecule has 26 heavy (non-hydrogen) atoms. The van der Waals surface area contributed by atoms with E-state index in [-0.39, 0.29) is 6.61 Å². The maximum atomic E-state index is 12.3. The first kappa shape index (κ1) is 17.7. The van der Waals surface area contributed by atoms with Crippen LogP contribution < -0.4 is 10.4 Å². The van der Waals surface area contributed by atoms with Crippen molar-refractivity contribution in [3.05, 3.63) is 77.2 Å². The van der Waals surface area contributed by atoms with Gasteiger partial charge in [-0.05, 0) is 46.8 Å². The maximum Gasteiger partial charge on any atom is 0.431 e. The van der Waals surface area contributed by atoms with E-state index in [2.05, 4.69) is 5.43 Å². The number of nitrogens with one attached hydrogen (secondary N) is 1. The molecule has 0 bridgehead atoms. The molecule has 132 valence electrons. The molecule has 0 saturated carbocycles. The average molecular weight is 368 g/mol. The molecule has 0 aliphatic heterocycles. The van der Waals surface area contributed by atoms with Crippen molar-refractivity contribution in [1.82, 2.24) is 5.43 Å². The highest BCUT2D eigenvalue weighted by Crippen LogP contribution is 2.26. The first-order valence-corrected chi connectivity index (χ1v) is 8.64. The van der Waals surface area contributed by atoms with Crippen molar-refractivity contribution in [3.63, 3.8) is 0 Å². The lowest BCUT2D eigenvalue weighted by Gasteiger charge is -2.20. The predicted molar refractivity (Wildman–Crippen MR) is 100 cm³/mol. The second kappa shape index (κ2) is 7.81. The van der Waals surface area contributed by atoms with Gasteiger partial charge in [-0.1, -0.05) is 30.3 Å². The van der Waals surface area contributed by atoms with E-state index >= 15 is 0 Å². The molecule has 3 aromatic rings. The zero-order valence-corrected chi connectivity index (χ0v) is 14.4. The summed E-state index contributed by atoms with van der Waals surface area (Å²) >= 11 is 1.59. The Hall–Kier alpha value is -3.16. The predicted octanol–water partition coefficient (Wildman–Crippen LogP) is 3.74. The van der Waals surface area contributed by atoms with Gasteiger partial charge >= 0.3 is 6.09 Å². The number of rotatable bonds is 4. The van der Waals surface area contributed by atoms with Crippen LogP contribution in [0.3, 0.4) is 0 Å². The molecule has 3 N–H and O–H groups in total. The smallest absolute Gasteiger partial charge is 0.431 e. The average Bonchev–Trinajstić information content (AvgIpc) is 3.20. The Morgan fingerprint density at radius 3 is 2.23 bits per heavy atom. The molecule has 0 aliphatic carbocycles. The van der Waals surface area contributed by atoms with Gasteiger partial charge in [-0.25, -0.2) is 4.79 Å². The Morgan fingerprint density at radius 2 is 1.69 bits per heavy atom. The van der Waals surface area contributed by atoms with E-state index in [1.165, 1.54) is 12.1 Å². The summed E-state index contributed by atoms with van der Waals surface area (Å²) in [5, 5.41) is 21.2. The second-order valence-corrected chi connectivity index (χ2v) is 6.39. The zero-order chi connectivity index (χ0) is 18.5. The van der Waals surface area contributed by atoms with E-state index in [1.54, 1.807) is 47.7 Å². The minimum Gasteiger partial charge on any atom is -0.463 e. The van der Waals surface area contributed by atoms with Crippen molar-refractivity contribution in [2.45, 2.75) is 6.61 Å². The van der Waals surface area contributed by atoms with Gasteiger partial charge in [0.15, 0.2) is 0 Å². The third-order valence-electron chi connectivity index (χ3n) is 3.73. The molecule has 1 aromatic heterocycles. The molecule has 0 radical (unpaired) electrons. The molecule has 7 heteroatoms. The summed E-state index contributed by atoms with van der Waals surface area (Å²) in [6, 6.07) is 17.1. The molecule has 3 rings (SSSR count). The van der Waals surface area contributed by atoms with Crippen LogP contribution in [0.4, 0.5) is 10.5 Å². The number of carbonyl (C=O) groups excluding carboxylic acids is 1. The van der Waals surface area contributed by atoms with Gasteiger partial charge in [0.2, 0.25) is 0 Å². The van der Waals surface area contributed by atoms with Gasteiger partial charge < -0.3 is 10.2 Å². The number of benzene rings is 2. The van der Waals surface area contributed by atoms with Crippen LogP contribution in [-0.2, 0) is 6.61 Å². The Morgan fingerprint density at radius 1 is 1.00 bits per heavy atom. The first-order valence-electron chi connectivity index (χ1n) is 7.76. The fourth-order valence-electron chi connectivity index (χ4n) is 2.37. The van der Waals surface area contributed by atoms with Crippen molar-refractivity contribution in [3.8, 4) is 10.4 Å². The number of aliphatic hydroxyl groups excluding tert-OH is 1. The fraction of sp³-hybridized carbons (Fsp3) is 0.0526. The summed E-state index contributed by atoms with van der Waals surface area (Å²) in [7, 11) is 0. The van der Waals surface area contributed by atoms with Crippen LogP contribution in [0.1, 0.15) is 15.9 Å². The summed E-state index contributed by atoms with van der Waals surface area (Å²) in [6.07, 6.45) is -1.30. The van der Waals surface area contributed by atoms with E-state index < -0.39 is 12.0 Å². The number of anilines is 1.